The lowest BCUT2D eigenvalue weighted by molar-refractivity contribution is -0.134. The van der Waals surface area contributed by atoms with Crippen LogP contribution in [0.25, 0.3) is 0 Å². The Morgan fingerprint density at radius 3 is 2.26 bits per heavy atom. The van der Waals surface area contributed by atoms with Crippen LogP contribution < -0.4 is 0 Å². The fourth-order valence-electron chi connectivity index (χ4n) is 1.82. The molecule has 0 rings (SSSR count). The van der Waals surface area contributed by atoms with Crippen LogP contribution in [0.4, 0.5) is 0 Å². The smallest absolute Gasteiger partial charge is 0.225 e. The van der Waals surface area contributed by atoms with Crippen LogP contribution in [0.1, 0.15) is 60.8 Å². The summed E-state index contributed by atoms with van der Waals surface area (Å²) in [4.78, 5) is 14.1. The molecule has 0 saturated heterocycles. The highest BCUT2D eigenvalue weighted by Gasteiger charge is 2.16. The Labute approximate surface area is 119 Å². The van der Waals surface area contributed by atoms with Gasteiger partial charge in [0.2, 0.25) is 5.91 Å². The van der Waals surface area contributed by atoms with Crippen molar-refractivity contribution in [3.05, 3.63) is 23.3 Å². The van der Waals surface area contributed by atoms with Gasteiger partial charge in [-0.3, -0.25) is 4.79 Å². The minimum atomic E-state index is 0.138. The van der Waals surface area contributed by atoms with E-state index in [0.29, 0.717) is 0 Å². The van der Waals surface area contributed by atoms with Gasteiger partial charge in [0.25, 0.3) is 0 Å². The Bertz CT molecular complexity index is 324. The van der Waals surface area contributed by atoms with Crippen molar-refractivity contribution in [3.63, 3.8) is 0 Å². The van der Waals surface area contributed by atoms with Gasteiger partial charge >= 0.3 is 0 Å². The van der Waals surface area contributed by atoms with Crippen molar-refractivity contribution in [2.24, 2.45) is 5.92 Å². The van der Waals surface area contributed by atoms with Gasteiger partial charge in [-0.05, 0) is 47.0 Å². The zero-order chi connectivity index (χ0) is 14.8. The Hall–Kier alpha value is -1.05. The van der Waals surface area contributed by atoms with Crippen LogP contribution in [0, 0.1) is 5.92 Å². The van der Waals surface area contributed by atoms with E-state index < -0.39 is 0 Å². The van der Waals surface area contributed by atoms with E-state index in [1.807, 2.05) is 18.7 Å². The first kappa shape index (κ1) is 17.9. The van der Waals surface area contributed by atoms with Crippen molar-refractivity contribution in [3.8, 4) is 0 Å². The third-order valence-corrected chi connectivity index (χ3v) is 3.48. The van der Waals surface area contributed by atoms with Crippen LogP contribution in [0.2, 0.25) is 0 Å². The van der Waals surface area contributed by atoms with Gasteiger partial charge in [0.05, 0.1) is 0 Å². The lowest BCUT2D eigenvalue weighted by Gasteiger charge is -2.22. The normalized spacial score (nSPS) is 13.1. The molecular formula is C17H31NO. The number of carbonyl (C=O) groups excluding carboxylic acids is 1. The fourth-order valence-corrected chi connectivity index (χ4v) is 1.82. The van der Waals surface area contributed by atoms with E-state index in [9.17, 15) is 4.79 Å². The first-order valence-electron chi connectivity index (χ1n) is 7.50. The average molecular weight is 265 g/mol. The Kier molecular flexibility index (Phi) is 9.28. The summed E-state index contributed by atoms with van der Waals surface area (Å²) in [5.74, 6) is 0.415. The van der Waals surface area contributed by atoms with Crippen molar-refractivity contribution >= 4 is 5.91 Å². The van der Waals surface area contributed by atoms with Crippen molar-refractivity contribution < 1.29 is 4.79 Å². The van der Waals surface area contributed by atoms with Crippen LogP contribution >= 0.6 is 0 Å². The molecule has 2 heteroatoms. The molecule has 0 aromatic heterocycles. The molecule has 1 atom stereocenters. The number of nitrogens with zero attached hydrogens (tertiary/aromatic N) is 1. The summed E-state index contributed by atoms with van der Waals surface area (Å²) >= 11 is 0. The largest absolute Gasteiger partial charge is 0.339 e. The minimum Gasteiger partial charge on any atom is -0.339 e. The fraction of sp³-hybridized carbons (Fsp3) is 0.706. The molecule has 19 heavy (non-hydrogen) atoms. The van der Waals surface area contributed by atoms with Crippen LogP contribution in [0.15, 0.2) is 23.3 Å². The third kappa shape index (κ3) is 7.86. The molecule has 0 saturated carbocycles. The van der Waals surface area contributed by atoms with Gasteiger partial charge in [-0.15, -0.1) is 0 Å². The maximum Gasteiger partial charge on any atom is 0.225 e. The summed E-state index contributed by atoms with van der Waals surface area (Å²) in [5.41, 5.74) is 2.74. The van der Waals surface area contributed by atoms with Gasteiger partial charge < -0.3 is 4.90 Å². The third-order valence-electron chi connectivity index (χ3n) is 3.48. The molecule has 0 N–H and O–H groups in total. The molecule has 2 nitrogen and oxygen atoms in total. The molecule has 0 radical (unpaired) electrons. The van der Waals surface area contributed by atoms with E-state index in [-0.39, 0.29) is 11.8 Å². The van der Waals surface area contributed by atoms with Gasteiger partial charge in [-0.2, -0.15) is 0 Å². The second kappa shape index (κ2) is 9.82. The molecule has 110 valence electrons. The SMILES string of the molecule is CCC(C)C(=O)N(CC)C/C=C(\C)CCC=C(C)C. The Morgan fingerprint density at radius 2 is 1.79 bits per heavy atom. The quantitative estimate of drug-likeness (QED) is 0.588. The molecule has 0 bridgehead atoms. The minimum absolute atomic E-state index is 0.138. The zero-order valence-electron chi connectivity index (χ0n) is 13.6. The van der Waals surface area contributed by atoms with E-state index in [2.05, 4.69) is 39.8 Å². The highest BCUT2D eigenvalue weighted by Crippen LogP contribution is 2.10. The van der Waals surface area contributed by atoms with Crippen LogP contribution in [-0.2, 0) is 4.79 Å². The summed E-state index contributed by atoms with van der Waals surface area (Å²) < 4.78 is 0. The summed E-state index contributed by atoms with van der Waals surface area (Å²) in [6.45, 7) is 14.1. The first-order valence-corrected chi connectivity index (χ1v) is 7.50. The molecule has 0 aliphatic carbocycles. The number of amides is 1. The lowest BCUT2D eigenvalue weighted by Crippen LogP contribution is -2.35. The maximum atomic E-state index is 12.1. The molecule has 1 amide bonds. The number of rotatable bonds is 8. The highest BCUT2D eigenvalue weighted by molar-refractivity contribution is 5.78. The van der Waals surface area contributed by atoms with Gasteiger partial charge in [0, 0.05) is 19.0 Å². The predicted molar refractivity (Wildman–Crippen MR) is 84.1 cm³/mol. The molecule has 0 spiro atoms. The van der Waals surface area contributed by atoms with E-state index in [4.69, 9.17) is 0 Å². The monoisotopic (exact) mass is 265 g/mol. The van der Waals surface area contributed by atoms with E-state index in [1.165, 1.54) is 11.1 Å². The molecule has 1 unspecified atom stereocenters. The van der Waals surface area contributed by atoms with Gasteiger partial charge in [-0.25, -0.2) is 0 Å². The number of carbonyl (C=O) groups is 1. The van der Waals surface area contributed by atoms with E-state index in [1.54, 1.807) is 0 Å². The maximum absolute atomic E-state index is 12.1. The van der Waals surface area contributed by atoms with E-state index in [0.717, 1.165) is 32.4 Å². The molecule has 0 fully saturated rings. The Morgan fingerprint density at radius 1 is 1.16 bits per heavy atom. The summed E-state index contributed by atoms with van der Waals surface area (Å²) in [5, 5.41) is 0. The van der Waals surface area contributed by atoms with Gasteiger partial charge in [0.1, 0.15) is 0 Å². The lowest BCUT2D eigenvalue weighted by atomic mass is 10.1. The van der Waals surface area contributed by atoms with Crippen molar-refractivity contribution in [1.82, 2.24) is 4.90 Å². The van der Waals surface area contributed by atoms with E-state index >= 15 is 0 Å². The summed E-state index contributed by atoms with van der Waals surface area (Å²) in [7, 11) is 0. The highest BCUT2D eigenvalue weighted by atomic mass is 16.2. The summed E-state index contributed by atoms with van der Waals surface area (Å²) in [6, 6.07) is 0. The molecule has 0 aromatic carbocycles. The summed E-state index contributed by atoms with van der Waals surface area (Å²) in [6.07, 6.45) is 7.55. The molecule has 0 aliphatic heterocycles. The number of likely N-dealkylation sites (N-methyl/N-ethyl adjacent to an activating group) is 1. The van der Waals surface area contributed by atoms with Crippen LogP contribution in [0.3, 0.4) is 0 Å². The van der Waals surface area contributed by atoms with Gasteiger partial charge in [0.15, 0.2) is 0 Å². The average Bonchev–Trinajstić information content (AvgIpc) is 2.37. The van der Waals surface area contributed by atoms with Crippen molar-refractivity contribution in [2.45, 2.75) is 60.8 Å². The number of allylic oxidation sites excluding steroid dienone is 3. The molecule has 0 aromatic rings. The molecular weight excluding hydrogens is 234 g/mol. The van der Waals surface area contributed by atoms with Crippen molar-refractivity contribution in [1.29, 1.82) is 0 Å². The standard InChI is InChI=1S/C17H31NO/c1-7-16(6)17(19)18(8-2)13-12-15(5)11-9-10-14(3)4/h10,12,16H,7-9,11,13H2,1-6H3/b15-12+. The zero-order valence-corrected chi connectivity index (χ0v) is 13.6. The topological polar surface area (TPSA) is 20.3 Å². The van der Waals surface area contributed by atoms with Gasteiger partial charge in [-0.1, -0.05) is 37.1 Å². The van der Waals surface area contributed by atoms with Crippen LogP contribution in [-0.4, -0.2) is 23.9 Å². The first-order chi connectivity index (χ1) is 8.92. The second-order valence-electron chi connectivity index (χ2n) is 5.56. The van der Waals surface area contributed by atoms with Crippen molar-refractivity contribution in [2.75, 3.05) is 13.1 Å². The second-order valence-corrected chi connectivity index (χ2v) is 5.56. The number of hydrogen-bond donors (Lipinski definition) is 0. The Balaban J connectivity index is 4.32. The molecule has 0 heterocycles. The predicted octanol–water partition coefficient (Wildman–Crippen LogP) is 4.57. The molecule has 0 aliphatic rings. The number of hydrogen-bond acceptors (Lipinski definition) is 1. The van der Waals surface area contributed by atoms with Crippen LogP contribution in [0.5, 0.6) is 0 Å².